The van der Waals surface area contributed by atoms with Gasteiger partial charge in [0, 0.05) is 43.8 Å². The Morgan fingerprint density at radius 3 is 2.08 bits per heavy atom. The second-order valence-electron chi connectivity index (χ2n) is 7.74. The number of pyridine rings is 2. The van der Waals surface area contributed by atoms with Gasteiger partial charge in [-0.1, -0.05) is 6.07 Å². The molecule has 1 aliphatic carbocycles. The second kappa shape index (κ2) is 13.2. The number of hydrogen-bond donors (Lipinski definition) is 2. The van der Waals surface area contributed by atoms with Crippen molar-refractivity contribution < 1.29 is 55.6 Å². The molecule has 37 heavy (non-hydrogen) atoms. The van der Waals surface area contributed by atoms with Crippen LogP contribution in [0.2, 0.25) is 0 Å². The molecule has 3 heterocycles. The Balaban J connectivity index is 0.000000286. The molecule has 1 saturated heterocycles. The number of carboxylic acid groups (broad SMARTS) is 2. The van der Waals surface area contributed by atoms with Crippen molar-refractivity contribution in [3.63, 3.8) is 0 Å². The zero-order valence-corrected chi connectivity index (χ0v) is 19.0. The fourth-order valence-corrected chi connectivity index (χ4v) is 3.61. The molecule has 0 bridgehead atoms. The molecule has 2 aliphatic rings. The number of nitrogens with zero attached hydrogens (tertiary/aromatic N) is 3. The molecule has 15 heteroatoms. The third-order valence-corrected chi connectivity index (χ3v) is 5.18. The molecule has 4 rings (SSSR count). The Hall–Kier alpha value is -3.46. The van der Waals surface area contributed by atoms with E-state index in [0.717, 1.165) is 32.5 Å². The van der Waals surface area contributed by atoms with Gasteiger partial charge in [0.15, 0.2) is 0 Å². The van der Waals surface area contributed by atoms with Crippen molar-refractivity contribution >= 4 is 11.9 Å². The number of aliphatic carboxylic acids is 2. The number of morpholine rings is 1. The van der Waals surface area contributed by atoms with Gasteiger partial charge in [0.2, 0.25) is 5.88 Å². The summed E-state index contributed by atoms with van der Waals surface area (Å²) in [5.41, 5.74) is 1.30. The van der Waals surface area contributed by atoms with E-state index in [1.807, 2.05) is 30.6 Å². The SMILES string of the molecule is O=C(O)C(F)(F)F.O=C(O)C(F)(F)F.c1ccc(O[C@@H]2CC[C@H]3[C@H]2OCCN3Cc2ccncc2)nc1. The molecule has 0 amide bonds. The highest BCUT2D eigenvalue weighted by molar-refractivity contribution is 5.73. The molecule has 1 aliphatic heterocycles. The van der Waals surface area contributed by atoms with E-state index in [4.69, 9.17) is 29.3 Å². The summed E-state index contributed by atoms with van der Waals surface area (Å²) < 4.78 is 75.6. The van der Waals surface area contributed by atoms with Gasteiger partial charge in [-0.05, 0) is 36.6 Å². The van der Waals surface area contributed by atoms with E-state index in [0.29, 0.717) is 11.9 Å². The van der Waals surface area contributed by atoms with E-state index in [1.165, 1.54) is 5.56 Å². The molecule has 204 valence electrons. The number of fused-ring (bicyclic) bond motifs is 1. The van der Waals surface area contributed by atoms with Crippen LogP contribution in [0.4, 0.5) is 26.3 Å². The van der Waals surface area contributed by atoms with Gasteiger partial charge in [-0.3, -0.25) is 9.88 Å². The molecular weight excluding hydrogens is 516 g/mol. The molecule has 0 spiro atoms. The maximum absolute atomic E-state index is 10.6. The summed E-state index contributed by atoms with van der Waals surface area (Å²) in [6.45, 7) is 2.68. The van der Waals surface area contributed by atoms with E-state index >= 15 is 0 Å². The lowest BCUT2D eigenvalue weighted by Gasteiger charge is -2.39. The highest BCUT2D eigenvalue weighted by Crippen LogP contribution is 2.33. The highest BCUT2D eigenvalue weighted by atomic mass is 19.4. The number of carboxylic acids is 2. The summed E-state index contributed by atoms with van der Waals surface area (Å²) in [4.78, 5) is 28.7. The van der Waals surface area contributed by atoms with Gasteiger partial charge < -0.3 is 19.7 Å². The standard InChI is InChI=1S/C18H21N3O2.2C2HF3O2/c1-2-8-20-17(3-1)23-16-5-4-15-18(16)22-12-11-21(15)13-14-6-9-19-10-7-14;2*3-2(4,5)1(6)7/h1-3,6-10,15-16,18H,4-5,11-13H2;2*(H,6,7)/t15-,16+,18+;;/m0../s1. The first-order chi connectivity index (χ1) is 17.3. The lowest BCUT2D eigenvalue weighted by molar-refractivity contribution is -0.193. The van der Waals surface area contributed by atoms with Crippen LogP contribution in [0.5, 0.6) is 5.88 Å². The summed E-state index contributed by atoms with van der Waals surface area (Å²) in [5.74, 6) is -4.83. The summed E-state index contributed by atoms with van der Waals surface area (Å²) in [6.07, 6.45) is -2.35. The first-order valence-corrected chi connectivity index (χ1v) is 10.7. The molecule has 2 N–H and O–H groups in total. The molecule has 3 atom stereocenters. The maximum atomic E-state index is 10.6. The average Bonchev–Trinajstić information content (AvgIpc) is 3.24. The Bertz CT molecular complexity index is 970. The van der Waals surface area contributed by atoms with Gasteiger partial charge in [0.1, 0.15) is 12.2 Å². The van der Waals surface area contributed by atoms with Crippen molar-refractivity contribution in [1.82, 2.24) is 14.9 Å². The largest absolute Gasteiger partial charge is 0.490 e. The third-order valence-electron chi connectivity index (χ3n) is 5.18. The molecule has 0 radical (unpaired) electrons. The predicted octanol–water partition coefficient (Wildman–Crippen LogP) is 3.55. The van der Waals surface area contributed by atoms with Crippen molar-refractivity contribution in [2.45, 2.75) is 50.0 Å². The quantitative estimate of drug-likeness (QED) is 0.562. The Labute approximate surface area is 206 Å². The van der Waals surface area contributed by atoms with Crippen molar-refractivity contribution in [2.75, 3.05) is 13.2 Å². The Kier molecular flexibility index (Phi) is 10.6. The van der Waals surface area contributed by atoms with E-state index in [9.17, 15) is 26.3 Å². The van der Waals surface area contributed by atoms with Gasteiger partial charge in [-0.25, -0.2) is 14.6 Å². The van der Waals surface area contributed by atoms with Crippen LogP contribution in [0.25, 0.3) is 0 Å². The number of halogens is 6. The van der Waals surface area contributed by atoms with Crippen molar-refractivity contribution in [1.29, 1.82) is 0 Å². The van der Waals surface area contributed by atoms with Crippen LogP contribution in [-0.4, -0.2) is 80.8 Å². The molecule has 0 aromatic carbocycles. The first-order valence-electron chi connectivity index (χ1n) is 10.7. The molecule has 9 nitrogen and oxygen atoms in total. The van der Waals surface area contributed by atoms with Crippen molar-refractivity contribution in [2.24, 2.45) is 0 Å². The first kappa shape index (κ1) is 29.8. The zero-order chi connectivity index (χ0) is 27.6. The monoisotopic (exact) mass is 539 g/mol. The van der Waals surface area contributed by atoms with Gasteiger partial charge >= 0.3 is 24.3 Å². The summed E-state index contributed by atoms with van der Waals surface area (Å²) in [7, 11) is 0. The third kappa shape index (κ3) is 9.84. The zero-order valence-electron chi connectivity index (χ0n) is 19.0. The van der Waals surface area contributed by atoms with Crippen LogP contribution in [0.3, 0.4) is 0 Å². The molecule has 2 aromatic rings. The molecular formula is C22H23F6N3O6. The topological polar surface area (TPSA) is 122 Å². The maximum Gasteiger partial charge on any atom is 0.490 e. The van der Waals surface area contributed by atoms with Crippen molar-refractivity contribution in [3.05, 3.63) is 54.5 Å². The van der Waals surface area contributed by atoms with Crippen LogP contribution in [0.1, 0.15) is 18.4 Å². The van der Waals surface area contributed by atoms with Crippen molar-refractivity contribution in [3.8, 4) is 5.88 Å². The van der Waals surface area contributed by atoms with Crippen LogP contribution in [0.15, 0.2) is 48.9 Å². The fourth-order valence-electron chi connectivity index (χ4n) is 3.61. The van der Waals surface area contributed by atoms with E-state index < -0.39 is 24.3 Å². The number of hydrogen-bond acceptors (Lipinski definition) is 7. The summed E-state index contributed by atoms with van der Waals surface area (Å²) in [5, 5.41) is 14.2. The van der Waals surface area contributed by atoms with Crippen LogP contribution < -0.4 is 4.74 Å². The second-order valence-corrected chi connectivity index (χ2v) is 7.74. The van der Waals surface area contributed by atoms with Gasteiger partial charge in [-0.15, -0.1) is 0 Å². The van der Waals surface area contributed by atoms with Crippen LogP contribution >= 0.6 is 0 Å². The predicted molar refractivity (Wildman–Crippen MR) is 113 cm³/mol. The minimum Gasteiger partial charge on any atom is -0.475 e. The normalized spacial score (nSPS) is 21.4. The Morgan fingerprint density at radius 2 is 1.57 bits per heavy atom. The lowest BCUT2D eigenvalue weighted by Crippen LogP contribution is -2.51. The molecule has 2 fully saturated rings. The minimum atomic E-state index is -5.08. The molecule has 0 unspecified atom stereocenters. The minimum absolute atomic E-state index is 0.0927. The number of ether oxygens (including phenoxy) is 2. The number of alkyl halides is 6. The van der Waals surface area contributed by atoms with E-state index in [2.05, 4.69) is 27.0 Å². The highest BCUT2D eigenvalue weighted by Gasteiger charge is 2.44. The summed E-state index contributed by atoms with van der Waals surface area (Å²) >= 11 is 0. The number of aromatic nitrogens is 2. The van der Waals surface area contributed by atoms with E-state index in [-0.39, 0.29) is 12.2 Å². The van der Waals surface area contributed by atoms with E-state index in [1.54, 1.807) is 6.20 Å². The summed E-state index contributed by atoms with van der Waals surface area (Å²) in [6, 6.07) is 10.4. The molecule has 1 saturated carbocycles. The van der Waals surface area contributed by atoms with Crippen LogP contribution in [0, 0.1) is 0 Å². The van der Waals surface area contributed by atoms with Gasteiger partial charge in [0.25, 0.3) is 0 Å². The van der Waals surface area contributed by atoms with Gasteiger partial charge in [-0.2, -0.15) is 26.3 Å². The average molecular weight is 539 g/mol. The van der Waals surface area contributed by atoms with Crippen LogP contribution in [-0.2, 0) is 20.9 Å². The Morgan fingerprint density at radius 1 is 0.973 bits per heavy atom. The lowest BCUT2D eigenvalue weighted by atomic mass is 10.1. The number of rotatable bonds is 4. The fraction of sp³-hybridized carbons (Fsp3) is 0.455. The smallest absolute Gasteiger partial charge is 0.475 e. The number of carbonyl (C=O) groups is 2. The molecule has 2 aromatic heterocycles. The van der Waals surface area contributed by atoms with Gasteiger partial charge in [0.05, 0.1) is 6.61 Å².